The molecule has 5 rings (SSSR count). The number of carbonyl (C=O) groups is 2. The van der Waals surface area contributed by atoms with Crippen molar-refractivity contribution in [1.82, 2.24) is 0 Å². The van der Waals surface area contributed by atoms with Gasteiger partial charge in [0.2, 0.25) is 6.10 Å². The van der Waals surface area contributed by atoms with Gasteiger partial charge in [0, 0.05) is 27.3 Å². The second-order valence-electron chi connectivity index (χ2n) is 8.90. The molecule has 1 aromatic rings. The Morgan fingerprint density at radius 3 is 2.31 bits per heavy atom. The molecule has 0 spiro atoms. The molecule has 0 radical (unpaired) electrons. The van der Waals surface area contributed by atoms with E-state index in [4.69, 9.17) is 15.6 Å². The number of carboxylic acids is 1. The molecular formula is C21H31NO4S3. The molecule has 0 saturated heterocycles. The van der Waals surface area contributed by atoms with Crippen molar-refractivity contribution in [3.8, 4) is 0 Å². The summed E-state index contributed by atoms with van der Waals surface area (Å²) in [4.78, 5) is 23.5. The third-order valence-electron chi connectivity index (χ3n) is 6.19. The van der Waals surface area contributed by atoms with E-state index in [0.29, 0.717) is 11.3 Å². The van der Waals surface area contributed by atoms with E-state index in [0.717, 1.165) is 22.6 Å². The van der Waals surface area contributed by atoms with E-state index in [1.165, 1.54) is 61.6 Å². The molecule has 5 nitrogen and oxygen atoms in total. The minimum atomic E-state index is -1.13. The maximum atomic E-state index is 11.5. The first-order chi connectivity index (χ1) is 13.8. The maximum Gasteiger partial charge on any atom is 0.345 e. The number of nitrogens with two attached hydrogens (primary N) is 1. The molecule has 4 saturated carbocycles. The van der Waals surface area contributed by atoms with E-state index in [2.05, 4.69) is 12.6 Å². The Bertz CT molecular complexity index is 659. The molecule has 2 atom stereocenters. The Labute approximate surface area is 186 Å². The average molecular weight is 458 g/mol. The summed E-state index contributed by atoms with van der Waals surface area (Å²) < 4.78 is 4.96. The number of hydrogen-bond acceptors (Lipinski definition) is 7. The molecule has 3 N–H and O–H groups in total. The molecule has 4 aliphatic rings. The summed E-state index contributed by atoms with van der Waals surface area (Å²) in [5, 5.41) is 12.8. The molecule has 162 valence electrons. The van der Waals surface area contributed by atoms with E-state index in [1.807, 2.05) is 16.8 Å². The molecule has 0 aromatic carbocycles. The number of rotatable bonds is 7. The lowest BCUT2D eigenvalue weighted by Crippen LogP contribution is -2.55. The second-order valence-corrected chi connectivity index (χ2v) is 11.1. The van der Waals surface area contributed by atoms with Crippen LogP contribution in [-0.2, 0) is 14.3 Å². The Balaban J connectivity index is 0.000000183. The topological polar surface area (TPSA) is 89.6 Å². The molecule has 4 fully saturated rings. The number of thiol groups is 1. The van der Waals surface area contributed by atoms with Crippen molar-refractivity contribution in [2.45, 2.75) is 62.0 Å². The van der Waals surface area contributed by atoms with E-state index in [1.54, 1.807) is 6.92 Å². The Morgan fingerprint density at radius 2 is 1.90 bits per heavy atom. The van der Waals surface area contributed by atoms with Crippen LogP contribution < -0.4 is 5.73 Å². The largest absolute Gasteiger partial charge is 0.478 e. The number of thiophene rings is 1. The maximum absolute atomic E-state index is 11.5. The summed E-state index contributed by atoms with van der Waals surface area (Å²) in [7, 11) is 0. The highest BCUT2D eigenvalue weighted by Gasteiger charge is 2.48. The first-order valence-electron chi connectivity index (χ1n) is 10.3. The predicted octanol–water partition coefficient (Wildman–Crippen LogP) is 4.32. The summed E-state index contributed by atoms with van der Waals surface area (Å²) in [6.45, 7) is 1.65. The predicted molar refractivity (Wildman–Crippen MR) is 121 cm³/mol. The molecular weight excluding hydrogens is 426 g/mol. The van der Waals surface area contributed by atoms with Crippen LogP contribution in [0.3, 0.4) is 0 Å². The van der Waals surface area contributed by atoms with Crippen LogP contribution in [-0.4, -0.2) is 40.2 Å². The Morgan fingerprint density at radius 1 is 1.31 bits per heavy atom. The van der Waals surface area contributed by atoms with Gasteiger partial charge in [0.25, 0.3) is 0 Å². The van der Waals surface area contributed by atoms with Crippen molar-refractivity contribution in [2.75, 3.05) is 11.5 Å². The fourth-order valence-electron chi connectivity index (χ4n) is 5.17. The number of hydrogen-bond donors (Lipinski definition) is 3. The number of aliphatic carboxylic acids is 1. The van der Waals surface area contributed by atoms with Crippen molar-refractivity contribution in [1.29, 1.82) is 0 Å². The third-order valence-corrected chi connectivity index (χ3v) is 8.63. The van der Waals surface area contributed by atoms with E-state index < -0.39 is 24.0 Å². The molecule has 0 aliphatic heterocycles. The minimum absolute atomic E-state index is 0.205. The smallest absolute Gasteiger partial charge is 0.345 e. The summed E-state index contributed by atoms with van der Waals surface area (Å²) in [6, 6.07) is 1.90. The van der Waals surface area contributed by atoms with Crippen molar-refractivity contribution in [3.63, 3.8) is 0 Å². The van der Waals surface area contributed by atoms with Crippen molar-refractivity contribution in [3.05, 3.63) is 16.8 Å². The highest BCUT2D eigenvalue weighted by Crippen LogP contribution is 2.54. The van der Waals surface area contributed by atoms with Crippen LogP contribution in [0.5, 0.6) is 0 Å². The van der Waals surface area contributed by atoms with Crippen molar-refractivity contribution >= 4 is 47.7 Å². The van der Waals surface area contributed by atoms with Crippen LogP contribution in [0.1, 0.15) is 45.4 Å². The lowest BCUT2D eigenvalue weighted by molar-refractivity contribution is -0.164. The van der Waals surface area contributed by atoms with Gasteiger partial charge in [-0.1, -0.05) is 6.92 Å². The van der Waals surface area contributed by atoms with Gasteiger partial charge in [-0.05, 0) is 67.7 Å². The fraction of sp³-hybridized carbons (Fsp3) is 0.714. The van der Waals surface area contributed by atoms with Crippen LogP contribution in [0.2, 0.25) is 0 Å². The zero-order chi connectivity index (χ0) is 21.0. The lowest BCUT2D eigenvalue weighted by Gasteiger charge is -2.55. The Hall–Kier alpha value is -0.700. The average Bonchev–Trinajstić information content (AvgIpc) is 3.16. The normalized spacial score (nSPS) is 31.5. The molecule has 29 heavy (non-hydrogen) atoms. The van der Waals surface area contributed by atoms with E-state index >= 15 is 0 Å². The van der Waals surface area contributed by atoms with E-state index in [-0.39, 0.29) is 5.75 Å². The molecule has 4 aliphatic carbocycles. The fourth-order valence-corrected chi connectivity index (χ4v) is 7.08. The minimum Gasteiger partial charge on any atom is -0.478 e. The van der Waals surface area contributed by atoms with Gasteiger partial charge in [-0.15, -0.1) is 11.8 Å². The van der Waals surface area contributed by atoms with Crippen LogP contribution in [0.25, 0.3) is 0 Å². The van der Waals surface area contributed by atoms with Gasteiger partial charge in [-0.2, -0.15) is 24.0 Å². The third kappa shape index (κ3) is 6.39. The van der Waals surface area contributed by atoms with Crippen LogP contribution in [0.4, 0.5) is 0 Å². The highest BCUT2D eigenvalue weighted by molar-refractivity contribution is 7.99. The summed E-state index contributed by atoms with van der Waals surface area (Å²) in [5.41, 5.74) is 6.62. The zero-order valence-electron chi connectivity index (χ0n) is 16.8. The van der Waals surface area contributed by atoms with Gasteiger partial charge in [0.1, 0.15) is 0 Å². The highest BCUT2D eigenvalue weighted by atomic mass is 32.2. The first-order valence-corrected chi connectivity index (χ1v) is 12.8. The monoisotopic (exact) mass is 457 g/mol. The molecule has 1 aromatic heterocycles. The van der Waals surface area contributed by atoms with Crippen LogP contribution >= 0.6 is 35.7 Å². The zero-order valence-corrected chi connectivity index (χ0v) is 19.3. The number of carbonyl (C=O) groups excluding carboxylic acids is 1. The quantitative estimate of drug-likeness (QED) is 0.321. The Kier molecular flexibility index (Phi) is 7.98. The SMILES string of the molecule is C[C@H](CS)C(=O)O[C@@H](CSc1ccsc1)C(=O)O.NC12CC3CC(CC(C3)C1)C2. The van der Waals surface area contributed by atoms with Crippen LogP contribution in [0, 0.1) is 23.7 Å². The standard InChI is InChI=1S/C11H14O4S3.C10H17N/c1-7(4-16)11(14)15-9(10(12)13)6-18-8-2-3-17-5-8;11-10-4-7-1-8(5-10)3-9(2-7)6-10/h2-3,5,7,9,16H,4,6H2,1H3,(H,12,13);7-9H,1-6,11H2/t7-,9+;/m1./s1. The van der Waals surface area contributed by atoms with Gasteiger partial charge in [-0.3, -0.25) is 4.79 Å². The number of ether oxygens (including phenoxy) is 1. The number of thioether (sulfide) groups is 1. The summed E-state index contributed by atoms with van der Waals surface area (Å²) in [5.74, 6) is 1.55. The second kappa shape index (κ2) is 10.1. The molecule has 8 heteroatoms. The van der Waals surface area contributed by atoms with Crippen molar-refractivity contribution in [2.24, 2.45) is 29.4 Å². The van der Waals surface area contributed by atoms with Gasteiger partial charge in [-0.25, -0.2) is 4.79 Å². The van der Waals surface area contributed by atoms with Gasteiger partial charge in [0.15, 0.2) is 0 Å². The van der Waals surface area contributed by atoms with E-state index in [9.17, 15) is 9.59 Å². The van der Waals surface area contributed by atoms with Gasteiger partial charge < -0.3 is 15.6 Å². The first kappa shape index (κ1) is 23.0. The number of carboxylic acid groups (broad SMARTS) is 1. The van der Waals surface area contributed by atoms with Gasteiger partial charge in [0.05, 0.1) is 5.92 Å². The summed E-state index contributed by atoms with van der Waals surface area (Å²) in [6.07, 6.45) is 7.45. The molecule has 0 amide bonds. The molecule has 4 bridgehead atoms. The summed E-state index contributed by atoms with van der Waals surface area (Å²) >= 11 is 6.87. The molecule has 0 unspecified atom stereocenters. The molecule has 1 heterocycles. The van der Waals surface area contributed by atoms with Crippen LogP contribution in [0.15, 0.2) is 21.7 Å². The number of esters is 1. The van der Waals surface area contributed by atoms with Gasteiger partial charge >= 0.3 is 11.9 Å². The lowest BCUT2D eigenvalue weighted by atomic mass is 9.53. The van der Waals surface area contributed by atoms with Crippen molar-refractivity contribution < 1.29 is 19.4 Å².